The maximum absolute atomic E-state index is 5.51. The molecule has 0 saturated heterocycles. The van der Waals surface area contributed by atoms with Crippen molar-refractivity contribution in [1.29, 1.82) is 0 Å². The molecule has 2 N–H and O–H groups in total. The van der Waals surface area contributed by atoms with Gasteiger partial charge in [-0.3, -0.25) is 0 Å². The first-order valence-electron chi connectivity index (χ1n) is 2.63. The van der Waals surface area contributed by atoms with E-state index in [9.17, 15) is 0 Å². The first-order valence-corrected chi connectivity index (χ1v) is 2.63. The van der Waals surface area contributed by atoms with Gasteiger partial charge in [-0.1, -0.05) is 0 Å². The topological polar surface area (TPSA) is 35.2 Å². The quantitative estimate of drug-likeness (QED) is 0.509. The van der Waals surface area contributed by atoms with Gasteiger partial charge in [-0.05, 0) is 12.8 Å². The molecule has 0 aliphatic heterocycles. The third-order valence-corrected chi connectivity index (χ3v) is 1.56. The van der Waals surface area contributed by atoms with E-state index in [1.165, 1.54) is 0 Å². The van der Waals surface area contributed by atoms with Crippen molar-refractivity contribution in [2.75, 3.05) is 7.11 Å². The molecule has 0 spiro atoms. The predicted molar refractivity (Wildman–Crippen MR) is 28.0 cm³/mol. The molecule has 1 aliphatic carbocycles. The van der Waals surface area contributed by atoms with Gasteiger partial charge in [0.15, 0.2) is 0 Å². The van der Waals surface area contributed by atoms with E-state index in [1.807, 2.05) is 0 Å². The van der Waals surface area contributed by atoms with Gasteiger partial charge in [0, 0.05) is 13.2 Å². The Kier molecular flexibility index (Phi) is 1.30. The molecule has 0 radical (unpaired) electrons. The van der Waals surface area contributed by atoms with E-state index in [4.69, 9.17) is 10.5 Å². The second-order valence-corrected chi connectivity index (χ2v) is 2.02. The van der Waals surface area contributed by atoms with Crippen molar-refractivity contribution in [2.24, 2.45) is 5.73 Å². The highest BCUT2D eigenvalue weighted by atomic mass is 16.5. The molecule has 0 amide bonds. The summed E-state index contributed by atoms with van der Waals surface area (Å²) < 4.78 is 4.97. The summed E-state index contributed by atoms with van der Waals surface area (Å²) >= 11 is 0. The Hall–Kier alpha value is -0.0800. The van der Waals surface area contributed by atoms with Crippen molar-refractivity contribution in [3.8, 4) is 0 Å². The van der Waals surface area contributed by atoms with E-state index in [1.54, 1.807) is 7.11 Å². The van der Waals surface area contributed by atoms with E-state index in [-0.39, 0.29) is 0 Å². The van der Waals surface area contributed by atoms with Crippen LogP contribution < -0.4 is 5.73 Å². The zero-order valence-corrected chi connectivity index (χ0v) is 4.55. The fraction of sp³-hybridized carbons (Fsp3) is 1.00. The summed E-state index contributed by atoms with van der Waals surface area (Å²) in [5.74, 6) is 0. The zero-order chi connectivity index (χ0) is 5.28. The van der Waals surface area contributed by atoms with E-state index >= 15 is 0 Å². The van der Waals surface area contributed by atoms with Crippen LogP contribution in [0.5, 0.6) is 0 Å². The first-order chi connectivity index (χ1) is 3.34. The van der Waals surface area contributed by atoms with Gasteiger partial charge in [0.1, 0.15) is 0 Å². The van der Waals surface area contributed by atoms with Crippen molar-refractivity contribution in [2.45, 2.75) is 25.0 Å². The van der Waals surface area contributed by atoms with Gasteiger partial charge in [0.25, 0.3) is 0 Å². The molecule has 2 atom stereocenters. The Morgan fingerprint density at radius 3 is 2.29 bits per heavy atom. The number of hydrogen-bond donors (Lipinski definition) is 1. The van der Waals surface area contributed by atoms with E-state index in [2.05, 4.69) is 0 Å². The lowest BCUT2D eigenvalue weighted by molar-refractivity contribution is 0.0213. The molecule has 0 bridgehead atoms. The molecule has 42 valence electrons. The Labute approximate surface area is 43.6 Å². The maximum atomic E-state index is 5.51. The molecule has 1 unspecified atom stereocenters. The van der Waals surface area contributed by atoms with E-state index < -0.39 is 0 Å². The average Bonchev–Trinajstić information content (AvgIpc) is 1.65. The molecule has 0 heterocycles. The second kappa shape index (κ2) is 1.80. The van der Waals surface area contributed by atoms with Crippen LogP contribution in [0.4, 0.5) is 0 Å². The monoisotopic (exact) mass is 101 g/mol. The molecule has 1 fully saturated rings. The van der Waals surface area contributed by atoms with Crippen LogP contribution in [0.15, 0.2) is 0 Å². The van der Waals surface area contributed by atoms with E-state index in [0.29, 0.717) is 12.1 Å². The number of ether oxygens (including phenoxy) is 1. The summed E-state index contributed by atoms with van der Waals surface area (Å²) in [4.78, 5) is 0. The molecule has 2 nitrogen and oxygen atoms in total. The fourth-order valence-electron chi connectivity index (χ4n) is 0.788. The minimum Gasteiger partial charge on any atom is -0.380 e. The van der Waals surface area contributed by atoms with Crippen LogP contribution >= 0.6 is 0 Å². The molecular weight excluding hydrogens is 90.1 g/mol. The van der Waals surface area contributed by atoms with Crippen LogP contribution in [-0.4, -0.2) is 19.3 Å². The second-order valence-electron chi connectivity index (χ2n) is 2.02. The molecular formula is C5H11NO. The molecule has 0 aromatic carbocycles. The van der Waals surface area contributed by atoms with Crippen molar-refractivity contribution in [3.05, 3.63) is 0 Å². The number of rotatable bonds is 1. The standard InChI is InChI=1S/C5H11NO/c1-7-5-3-2-4(5)6/h4-5H,2-3,6H2,1H3/t4-,5?/m1/s1. The van der Waals surface area contributed by atoms with Crippen LogP contribution in [0, 0.1) is 0 Å². The van der Waals surface area contributed by atoms with Gasteiger partial charge in [-0.25, -0.2) is 0 Å². The van der Waals surface area contributed by atoms with Gasteiger partial charge in [-0.2, -0.15) is 0 Å². The summed E-state index contributed by atoms with van der Waals surface area (Å²) in [6.07, 6.45) is 2.65. The van der Waals surface area contributed by atoms with Crippen LogP contribution in [0.1, 0.15) is 12.8 Å². The minimum atomic E-state index is 0.324. The van der Waals surface area contributed by atoms with Crippen molar-refractivity contribution in [3.63, 3.8) is 0 Å². The highest BCUT2D eigenvalue weighted by Crippen LogP contribution is 2.19. The molecule has 1 aliphatic rings. The SMILES string of the molecule is COC1CC[C@H]1N. The Morgan fingerprint density at radius 2 is 2.29 bits per heavy atom. The third-order valence-electron chi connectivity index (χ3n) is 1.56. The smallest absolute Gasteiger partial charge is 0.0722 e. The summed E-state index contributed by atoms with van der Waals surface area (Å²) in [5, 5.41) is 0. The largest absolute Gasteiger partial charge is 0.380 e. The van der Waals surface area contributed by atoms with Crippen molar-refractivity contribution < 1.29 is 4.74 Å². The Bertz CT molecular complexity index is 63.1. The minimum absolute atomic E-state index is 0.324. The lowest BCUT2D eigenvalue weighted by Crippen LogP contribution is -2.45. The Morgan fingerprint density at radius 1 is 1.57 bits per heavy atom. The maximum Gasteiger partial charge on any atom is 0.0722 e. The molecule has 7 heavy (non-hydrogen) atoms. The highest BCUT2D eigenvalue weighted by Gasteiger charge is 2.26. The molecule has 1 rings (SSSR count). The molecule has 2 heteroatoms. The van der Waals surface area contributed by atoms with Crippen LogP contribution in [0.2, 0.25) is 0 Å². The summed E-state index contributed by atoms with van der Waals surface area (Å²) in [6, 6.07) is 0.324. The fourth-order valence-corrected chi connectivity index (χ4v) is 0.788. The predicted octanol–water partition coefficient (Wildman–Crippen LogP) is 0.123. The first kappa shape index (κ1) is 5.06. The van der Waals surface area contributed by atoms with Crippen molar-refractivity contribution >= 4 is 0 Å². The molecule has 1 saturated carbocycles. The number of nitrogens with two attached hydrogens (primary N) is 1. The molecule has 0 aromatic rings. The Balaban J connectivity index is 2.16. The van der Waals surface area contributed by atoms with Gasteiger partial charge >= 0.3 is 0 Å². The normalized spacial score (nSPS) is 40.3. The van der Waals surface area contributed by atoms with Gasteiger partial charge in [0.2, 0.25) is 0 Å². The van der Waals surface area contributed by atoms with E-state index in [0.717, 1.165) is 12.8 Å². The third kappa shape index (κ3) is 0.763. The highest BCUT2D eigenvalue weighted by molar-refractivity contribution is 4.83. The summed E-state index contributed by atoms with van der Waals surface area (Å²) in [6.45, 7) is 0. The van der Waals surface area contributed by atoms with Gasteiger partial charge in [0.05, 0.1) is 6.10 Å². The lowest BCUT2D eigenvalue weighted by Gasteiger charge is -2.31. The summed E-state index contributed by atoms with van der Waals surface area (Å²) in [5.41, 5.74) is 5.51. The van der Waals surface area contributed by atoms with Crippen molar-refractivity contribution in [1.82, 2.24) is 0 Å². The van der Waals surface area contributed by atoms with Crippen LogP contribution in [0.25, 0.3) is 0 Å². The summed E-state index contributed by atoms with van der Waals surface area (Å²) in [7, 11) is 1.71. The average molecular weight is 101 g/mol. The van der Waals surface area contributed by atoms with Gasteiger partial charge in [-0.15, -0.1) is 0 Å². The molecule has 0 aromatic heterocycles. The van der Waals surface area contributed by atoms with Crippen LogP contribution in [0.3, 0.4) is 0 Å². The number of methoxy groups -OCH3 is 1. The number of hydrogen-bond acceptors (Lipinski definition) is 2. The zero-order valence-electron chi connectivity index (χ0n) is 4.55. The van der Waals surface area contributed by atoms with Gasteiger partial charge < -0.3 is 10.5 Å². The lowest BCUT2D eigenvalue weighted by atomic mass is 9.90. The van der Waals surface area contributed by atoms with Crippen LogP contribution in [-0.2, 0) is 4.74 Å².